The van der Waals surface area contributed by atoms with E-state index in [1.807, 2.05) is 12.1 Å². The third kappa shape index (κ3) is 4.02. The van der Waals surface area contributed by atoms with Gasteiger partial charge in [0.2, 0.25) is 0 Å². The van der Waals surface area contributed by atoms with Crippen molar-refractivity contribution in [2.45, 2.75) is 19.3 Å². The first kappa shape index (κ1) is 17.9. The molecule has 0 radical (unpaired) electrons. The van der Waals surface area contributed by atoms with E-state index in [2.05, 4.69) is 10.2 Å². The van der Waals surface area contributed by atoms with Gasteiger partial charge < -0.3 is 25.4 Å². The Labute approximate surface area is 153 Å². The maximum Gasteiger partial charge on any atom is 0.255 e. The van der Waals surface area contributed by atoms with Crippen molar-refractivity contribution in [3.05, 3.63) is 42.0 Å². The van der Waals surface area contributed by atoms with Crippen molar-refractivity contribution < 1.29 is 14.3 Å². The Morgan fingerprint density at radius 3 is 2.23 bits per heavy atom. The lowest BCUT2D eigenvalue weighted by Gasteiger charge is -2.30. The van der Waals surface area contributed by atoms with Gasteiger partial charge in [-0.25, -0.2) is 0 Å². The highest BCUT2D eigenvalue weighted by Gasteiger charge is 2.15. The van der Waals surface area contributed by atoms with Crippen LogP contribution in [0.25, 0.3) is 0 Å². The summed E-state index contributed by atoms with van der Waals surface area (Å²) in [6.45, 7) is 2.05. The molecule has 2 aromatic rings. The van der Waals surface area contributed by atoms with Crippen LogP contribution in [-0.2, 0) is 0 Å². The lowest BCUT2D eigenvalue weighted by Crippen LogP contribution is -2.30. The molecule has 0 unspecified atom stereocenters. The first-order valence-corrected chi connectivity index (χ1v) is 8.79. The fourth-order valence-electron chi connectivity index (χ4n) is 3.20. The van der Waals surface area contributed by atoms with Crippen LogP contribution in [-0.4, -0.2) is 33.2 Å². The van der Waals surface area contributed by atoms with Gasteiger partial charge in [-0.05, 0) is 49.6 Å². The maximum absolute atomic E-state index is 12.6. The van der Waals surface area contributed by atoms with Gasteiger partial charge in [0.15, 0.2) is 0 Å². The lowest BCUT2D eigenvalue weighted by molar-refractivity contribution is 0.102. The van der Waals surface area contributed by atoms with Crippen molar-refractivity contribution in [3.63, 3.8) is 0 Å². The van der Waals surface area contributed by atoms with E-state index in [-0.39, 0.29) is 5.91 Å². The van der Waals surface area contributed by atoms with Gasteiger partial charge in [0.05, 0.1) is 25.6 Å². The minimum atomic E-state index is -0.243. The fourth-order valence-corrected chi connectivity index (χ4v) is 3.20. The summed E-state index contributed by atoms with van der Waals surface area (Å²) in [4.78, 5) is 14.9. The number of ether oxygens (including phenoxy) is 2. The van der Waals surface area contributed by atoms with E-state index in [4.69, 9.17) is 15.2 Å². The number of benzene rings is 2. The minimum absolute atomic E-state index is 0.243. The molecule has 1 amide bonds. The number of rotatable bonds is 5. The minimum Gasteiger partial charge on any atom is -0.497 e. The lowest BCUT2D eigenvalue weighted by atomic mass is 10.1. The molecule has 26 heavy (non-hydrogen) atoms. The zero-order valence-electron chi connectivity index (χ0n) is 15.2. The van der Waals surface area contributed by atoms with Gasteiger partial charge in [-0.3, -0.25) is 4.79 Å². The van der Waals surface area contributed by atoms with E-state index < -0.39 is 0 Å². The molecule has 1 aliphatic heterocycles. The Hall–Kier alpha value is -2.89. The number of nitrogens with two attached hydrogens (primary N) is 1. The van der Waals surface area contributed by atoms with Crippen molar-refractivity contribution in [2.24, 2.45) is 0 Å². The van der Waals surface area contributed by atoms with Gasteiger partial charge in [0, 0.05) is 30.4 Å². The second kappa shape index (κ2) is 7.99. The number of nitrogen functional groups attached to an aromatic ring is 1. The average molecular weight is 355 g/mol. The zero-order chi connectivity index (χ0) is 18.5. The van der Waals surface area contributed by atoms with E-state index in [9.17, 15) is 4.79 Å². The number of nitrogens with zero attached hydrogens (tertiary/aromatic N) is 1. The number of piperidine rings is 1. The number of methoxy groups -OCH3 is 2. The number of carbonyl (C=O) groups excluding carboxylic acids is 1. The molecule has 3 N–H and O–H groups in total. The average Bonchev–Trinajstić information content (AvgIpc) is 2.68. The van der Waals surface area contributed by atoms with E-state index in [0.717, 1.165) is 18.8 Å². The molecule has 0 aromatic heterocycles. The van der Waals surface area contributed by atoms with Gasteiger partial charge in [-0.1, -0.05) is 0 Å². The summed E-state index contributed by atoms with van der Waals surface area (Å²) in [5.41, 5.74) is 9.05. The second-order valence-corrected chi connectivity index (χ2v) is 6.38. The molecule has 138 valence electrons. The number of hydrogen-bond donors (Lipinski definition) is 2. The zero-order valence-corrected chi connectivity index (χ0v) is 15.2. The van der Waals surface area contributed by atoms with Crippen LogP contribution >= 0.6 is 0 Å². The Bertz CT molecular complexity index is 764. The van der Waals surface area contributed by atoms with E-state index >= 15 is 0 Å². The summed E-state index contributed by atoms with van der Waals surface area (Å²) in [7, 11) is 3.10. The van der Waals surface area contributed by atoms with Crippen LogP contribution in [0.1, 0.15) is 29.6 Å². The van der Waals surface area contributed by atoms with Crippen LogP contribution in [0.2, 0.25) is 0 Å². The predicted octanol–water partition coefficient (Wildman–Crippen LogP) is 3.53. The van der Waals surface area contributed by atoms with Gasteiger partial charge in [0.1, 0.15) is 11.5 Å². The van der Waals surface area contributed by atoms with Gasteiger partial charge in [0.25, 0.3) is 5.91 Å². The predicted molar refractivity (Wildman–Crippen MR) is 104 cm³/mol. The molecule has 6 heteroatoms. The van der Waals surface area contributed by atoms with Crippen molar-refractivity contribution >= 4 is 23.0 Å². The number of carbonyl (C=O) groups is 1. The van der Waals surface area contributed by atoms with E-state index in [0.29, 0.717) is 28.4 Å². The highest BCUT2D eigenvalue weighted by Crippen LogP contribution is 2.29. The second-order valence-electron chi connectivity index (χ2n) is 6.38. The fraction of sp³-hybridized carbons (Fsp3) is 0.350. The van der Waals surface area contributed by atoms with Gasteiger partial charge in [-0.15, -0.1) is 0 Å². The summed E-state index contributed by atoms with van der Waals surface area (Å²) < 4.78 is 10.4. The van der Waals surface area contributed by atoms with E-state index in [1.54, 1.807) is 38.5 Å². The molecule has 3 rings (SSSR count). The molecular formula is C20H25N3O3. The van der Waals surface area contributed by atoms with Gasteiger partial charge in [-0.2, -0.15) is 0 Å². The molecule has 6 nitrogen and oxygen atoms in total. The molecule has 1 fully saturated rings. The smallest absolute Gasteiger partial charge is 0.255 e. The van der Waals surface area contributed by atoms with Gasteiger partial charge >= 0.3 is 0 Å². The summed E-state index contributed by atoms with van der Waals surface area (Å²) in [5, 5.41) is 2.88. The standard InChI is InChI=1S/C20H25N3O3/c1-25-16-10-14(11-17(13-16)26-2)20(24)22-15-6-7-19(18(21)12-15)23-8-4-3-5-9-23/h6-7,10-13H,3-5,8-9,21H2,1-2H3,(H,22,24). The highest BCUT2D eigenvalue weighted by molar-refractivity contribution is 6.05. The molecule has 1 heterocycles. The maximum atomic E-state index is 12.6. The van der Waals surface area contributed by atoms with Crippen LogP contribution in [0.4, 0.5) is 17.1 Å². The summed E-state index contributed by atoms with van der Waals surface area (Å²) in [5.74, 6) is 0.885. The Kier molecular flexibility index (Phi) is 5.51. The Morgan fingerprint density at radius 2 is 1.65 bits per heavy atom. The summed E-state index contributed by atoms with van der Waals surface area (Å²) in [6.07, 6.45) is 3.65. The van der Waals surface area contributed by atoms with Crippen LogP contribution in [0, 0.1) is 0 Å². The quantitative estimate of drug-likeness (QED) is 0.803. The summed E-state index contributed by atoms with van der Waals surface area (Å²) >= 11 is 0. The Morgan fingerprint density at radius 1 is 1.00 bits per heavy atom. The third-order valence-corrected chi connectivity index (χ3v) is 4.60. The van der Waals surface area contributed by atoms with Crippen molar-refractivity contribution in [3.8, 4) is 11.5 Å². The normalized spacial score (nSPS) is 14.0. The Balaban J connectivity index is 1.76. The number of anilines is 3. The third-order valence-electron chi connectivity index (χ3n) is 4.60. The summed E-state index contributed by atoms with van der Waals surface area (Å²) in [6, 6.07) is 10.7. The highest BCUT2D eigenvalue weighted by atomic mass is 16.5. The van der Waals surface area contributed by atoms with Crippen LogP contribution in [0.3, 0.4) is 0 Å². The van der Waals surface area contributed by atoms with Crippen LogP contribution < -0.4 is 25.4 Å². The molecule has 0 atom stereocenters. The molecule has 0 aliphatic carbocycles. The molecule has 1 saturated heterocycles. The topological polar surface area (TPSA) is 76.8 Å². The van der Waals surface area contributed by atoms with Crippen LogP contribution in [0.15, 0.2) is 36.4 Å². The molecule has 1 aliphatic rings. The molecule has 0 bridgehead atoms. The number of hydrogen-bond acceptors (Lipinski definition) is 5. The van der Waals surface area contributed by atoms with Crippen LogP contribution in [0.5, 0.6) is 11.5 Å². The molecule has 0 saturated carbocycles. The molecule has 0 spiro atoms. The monoisotopic (exact) mass is 355 g/mol. The van der Waals surface area contributed by atoms with E-state index in [1.165, 1.54) is 19.3 Å². The first-order valence-electron chi connectivity index (χ1n) is 8.79. The molecule has 2 aromatic carbocycles. The number of amides is 1. The first-order chi connectivity index (χ1) is 12.6. The van der Waals surface area contributed by atoms with Crippen molar-refractivity contribution in [2.75, 3.05) is 43.3 Å². The SMILES string of the molecule is COc1cc(OC)cc(C(=O)Nc2ccc(N3CCCCC3)c(N)c2)c1. The number of nitrogens with one attached hydrogen (secondary N) is 1. The van der Waals surface area contributed by atoms with Crippen molar-refractivity contribution in [1.29, 1.82) is 0 Å². The largest absolute Gasteiger partial charge is 0.497 e. The molecular weight excluding hydrogens is 330 g/mol. The van der Waals surface area contributed by atoms with Crippen molar-refractivity contribution in [1.82, 2.24) is 0 Å².